The van der Waals surface area contributed by atoms with Crippen molar-refractivity contribution < 1.29 is 9.63 Å². The van der Waals surface area contributed by atoms with Crippen molar-refractivity contribution in [2.75, 3.05) is 39.3 Å². The van der Waals surface area contributed by atoms with Gasteiger partial charge in [-0.3, -0.25) is 4.90 Å². The Labute approximate surface area is 108 Å². The van der Waals surface area contributed by atoms with Gasteiger partial charge in [0.2, 0.25) is 0 Å². The van der Waals surface area contributed by atoms with Gasteiger partial charge in [-0.15, -0.1) is 0 Å². The molecule has 0 bridgehead atoms. The predicted octanol–water partition coefficient (Wildman–Crippen LogP) is 0.955. The Kier molecular flexibility index (Phi) is 5.64. The summed E-state index contributed by atoms with van der Waals surface area (Å²) >= 11 is 0. The molecule has 0 radical (unpaired) electrons. The van der Waals surface area contributed by atoms with E-state index in [9.17, 15) is 0 Å². The monoisotopic (exact) mass is 253 g/mol. The van der Waals surface area contributed by atoms with E-state index < -0.39 is 0 Å². The molecule has 0 unspecified atom stereocenters. The summed E-state index contributed by atoms with van der Waals surface area (Å²) in [5.41, 5.74) is 1.02. The number of aromatic nitrogens is 1. The molecule has 5 heteroatoms. The van der Waals surface area contributed by atoms with Crippen LogP contribution in [0.1, 0.15) is 25.0 Å². The molecule has 5 nitrogen and oxygen atoms in total. The number of unbranched alkanes of at least 4 members (excludes halogenated alkanes) is 2. The van der Waals surface area contributed by atoms with Crippen molar-refractivity contribution in [2.24, 2.45) is 0 Å². The number of hydrogen-bond acceptors (Lipinski definition) is 5. The van der Waals surface area contributed by atoms with Crippen LogP contribution in [-0.2, 0) is 6.54 Å². The van der Waals surface area contributed by atoms with Gasteiger partial charge in [0.25, 0.3) is 0 Å². The summed E-state index contributed by atoms with van der Waals surface area (Å²) < 4.78 is 4.85. The maximum atomic E-state index is 8.73. The van der Waals surface area contributed by atoms with Crippen LogP contribution in [0.2, 0.25) is 0 Å². The van der Waals surface area contributed by atoms with Crippen LogP contribution in [0.3, 0.4) is 0 Å². The highest BCUT2D eigenvalue weighted by molar-refractivity contribution is 4.95. The average molecular weight is 253 g/mol. The maximum Gasteiger partial charge on any atom is 0.124 e. The highest BCUT2D eigenvalue weighted by Gasteiger charge is 2.17. The van der Waals surface area contributed by atoms with E-state index in [1.807, 2.05) is 6.07 Å². The molecule has 102 valence electrons. The second-order valence-corrected chi connectivity index (χ2v) is 4.89. The first-order valence-electron chi connectivity index (χ1n) is 6.83. The van der Waals surface area contributed by atoms with E-state index in [1.165, 1.54) is 6.42 Å². The molecule has 0 atom stereocenters. The lowest BCUT2D eigenvalue weighted by Crippen LogP contribution is -2.46. The summed E-state index contributed by atoms with van der Waals surface area (Å²) in [6.07, 6.45) is 4.90. The molecule has 1 saturated heterocycles. The zero-order valence-electron chi connectivity index (χ0n) is 10.9. The molecule has 0 amide bonds. The summed E-state index contributed by atoms with van der Waals surface area (Å²) in [5, 5.41) is 12.7. The van der Waals surface area contributed by atoms with Crippen LogP contribution < -0.4 is 0 Å². The van der Waals surface area contributed by atoms with E-state index in [1.54, 1.807) is 6.26 Å². The minimum atomic E-state index is 0.325. The van der Waals surface area contributed by atoms with Crippen LogP contribution in [0.25, 0.3) is 0 Å². The molecule has 1 N–H and O–H groups in total. The van der Waals surface area contributed by atoms with Gasteiger partial charge in [-0.1, -0.05) is 5.16 Å². The first-order chi connectivity index (χ1) is 8.88. The van der Waals surface area contributed by atoms with Crippen LogP contribution >= 0.6 is 0 Å². The summed E-state index contributed by atoms with van der Waals surface area (Å²) in [5.74, 6) is 0. The second-order valence-electron chi connectivity index (χ2n) is 4.89. The smallest absolute Gasteiger partial charge is 0.124 e. The quantitative estimate of drug-likeness (QED) is 0.733. The molecule has 1 fully saturated rings. The van der Waals surface area contributed by atoms with Crippen LogP contribution in [-0.4, -0.2) is 59.4 Å². The lowest BCUT2D eigenvalue weighted by Gasteiger charge is -2.34. The van der Waals surface area contributed by atoms with Gasteiger partial charge in [-0.25, -0.2) is 0 Å². The first kappa shape index (κ1) is 13.5. The van der Waals surface area contributed by atoms with Gasteiger partial charge in [0, 0.05) is 45.4 Å². The Morgan fingerprint density at radius 3 is 2.56 bits per heavy atom. The standard InChI is InChI=1S/C13H23N3O2/c17-10-3-1-2-5-15-6-8-16(9-7-15)12-13-4-11-18-14-13/h4,11,17H,1-3,5-10,12H2. The minimum Gasteiger partial charge on any atom is -0.396 e. The first-order valence-corrected chi connectivity index (χ1v) is 6.83. The van der Waals surface area contributed by atoms with Crippen LogP contribution in [0.15, 0.2) is 16.9 Å². The van der Waals surface area contributed by atoms with E-state index in [0.29, 0.717) is 6.61 Å². The molecule has 0 spiro atoms. The Hall–Kier alpha value is -0.910. The zero-order chi connectivity index (χ0) is 12.6. The third kappa shape index (κ3) is 4.40. The Morgan fingerprint density at radius 1 is 1.11 bits per heavy atom. The lowest BCUT2D eigenvalue weighted by atomic mass is 10.2. The average Bonchev–Trinajstić information content (AvgIpc) is 2.89. The SMILES string of the molecule is OCCCCCN1CCN(Cc2ccon2)CC1. The Morgan fingerprint density at radius 2 is 1.89 bits per heavy atom. The second kappa shape index (κ2) is 7.51. The summed E-state index contributed by atoms with van der Waals surface area (Å²) in [4.78, 5) is 4.93. The molecule has 1 aliphatic rings. The van der Waals surface area contributed by atoms with Gasteiger partial charge in [0.05, 0.1) is 5.69 Å². The number of rotatable bonds is 7. The summed E-state index contributed by atoms with van der Waals surface area (Å²) in [6, 6.07) is 1.93. The highest BCUT2D eigenvalue weighted by Crippen LogP contribution is 2.08. The lowest BCUT2D eigenvalue weighted by molar-refractivity contribution is 0.123. The third-order valence-electron chi connectivity index (χ3n) is 3.47. The molecule has 2 rings (SSSR count). The van der Waals surface area contributed by atoms with E-state index in [0.717, 1.165) is 57.8 Å². The largest absolute Gasteiger partial charge is 0.396 e. The van der Waals surface area contributed by atoms with Gasteiger partial charge in [-0.05, 0) is 25.8 Å². The van der Waals surface area contributed by atoms with E-state index >= 15 is 0 Å². The minimum absolute atomic E-state index is 0.325. The molecular formula is C13H23N3O2. The molecule has 0 saturated carbocycles. The Balaban J connectivity index is 1.59. The van der Waals surface area contributed by atoms with Crippen molar-refractivity contribution >= 4 is 0 Å². The van der Waals surface area contributed by atoms with E-state index in [4.69, 9.17) is 9.63 Å². The highest BCUT2D eigenvalue weighted by atomic mass is 16.5. The molecule has 0 aliphatic carbocycles. The van der Waals surface area contributed by atoms with Crippen molar-refractivity contribution in [3.05, 3.63) is 18.0 Å². The number of piperazine rings is 1. The molecule has 1 aromatic rings. The number of hydrogen-bond donors (Lipinski definition) is 1. The van der Waals surface area contributed by atoms with Crippen LogP contribution in [0.4, 0.5) is 0 Å². The van der Waals surface area contributed by atoms with Crippen molar-refractivity contribution in [1.29, 1.82) is 0 Å². The third-order valence-corrected chi connectivity index (χ3v) is 3.47. The van der Waals surface area contributed by atoms with Gasteiger partial charge in [-0.2, -0.15) is 0 Å². The molecule has 0 aromatic carbocycles. The van der Waals surface area contributed by atoms with Crippen molar-refractivity contribution in [3.63, 3.8) is 0 Å². The van der Waals surface area contributed by atoms with E-state index in [-0.39, 0.29) is 0 Å². The number of nitrogens with zero attached hydrogens (tertiary/aromatic N) is 3. The maximum absolute atomic E-state index is 8.73. The van der Waals surface area contributed by atoms with Crippen LogP contribution in [0, 0.1) is 0 Å². The van der Waals surface area contributed by atoms with Crippen molar-refractivity contribution in [1.82, 2.24) is 15.0 Å². The van der Waals surface area contributed by atoms with E-state index in [2.05, 4.69) is 15.0 Å². The topological polar surface area (TPSA) is 52.7 Å². The van der Waals surface area contributed by atoms with Gasteiger partial charge >= 0.3 is 0 Å². The fraction of sp³-hybridized carbons (Fsp3) is 0.769. The fourth-order valence-corrected chi connectivity index (χ4v) is 2.34. The summed E-state index contributed by atoms with van der Waals surface area (Å²) in [7, 11) is 0. The molecule has 1 aliphatic heterocycles. The predicted molar refractivity (Wildman–Crippen MR) is 69.2 cm³/mol. The molecular weight excluding hydrogens is 230 g/mol. The van der Waals surface area contributed by atoms with Crippen molar-refractivity contribution in [2.45, 2.75) is 25.8 Å². The van der Waals surface area contributed by atoms with Gasteiger partial charge in [0.15, 0.2) is 0 Å². The van der Waals surface area contributed by atoms with Gasteiger partial charge < -0.3 is 14.5 Å². The molecule has 1 aromatic heterocycles. The van der Waals surface area contributed by atoms with Gasteiger partial charge in [0.1, 0.15) is 6.26 Å². The van der Waals surface area contributed by atoms with Crippen LogP contribution in [0.5, 0.6) is 0 Å². The Bertz CT molecular complexity index is 308. The zero-order valence-corrected chi connectivity index (χ0v) is 10.9. The molecule has 18 heavy (non-hydrogen) atoms. The summed E-state index contributed by atoms with van der Waals surface area (Å²) in [6.45, 7) is 6.87. The van der Waals surface area contributed by atoms with Crippen molar-refractivity contribution in [3.8, 4) is 0 Å². The normalized spacial score (nSPS) is 18.3. The molecule has 2 heterocycles. The number of aliphatic hydroxyl groups excluding tert-OH is 1. The fourth-order valence-electron chi connectivity index (χ4n) is 2.34. The number of aliphatic hydroxyl groups is 1.